The largest absolute Gasteiger partial charge is 0.455 e. The zero-order valence-corrected chi connectivity index (χ0v) is 15.3. The van der Waals surface area contributed by atoms with Crippen molar-refractivity contribution in [3.8, 4) is 0 Å². The number of benzene rings is 2. The molecular weight excluding hydrogens is 356 g/mol. The van der Waals surface area contributed by atoms with Crippen LogP contribution in [0.3, 0.4) is 0 Å². The lowest BCUT2D eigenvalue weighted by Crippen LogP contribution is -2.37. The monoisotopic (exact) mass is 376 g/mol. The Kier molecular flexibility index (Phi) is 5.19. The Morgan fingerprint density at radius 3 is 2.64 bits per heavy atom. The van der Waals surface area contributed by atoms with Gasteiger partial charge in [0, 0.05) is 18.5 Å². The summed E-state index contributed by atoms with van der Waals surface area (Å²) in [6, 6.07) is 17.4. The van der Waals surface area contributed by atoms with Crippen LogP contribution < -0.4 is 0 Å². The third-order valence-electron chi connectivity index (χ3n) is 4.83. The molecule has 1 aliphatic heterocycles. The number of aromatic nitrogens is 1. The molecule has 0 spiro atoms. The van der Waals surface area contributed by atoms with E-state index in [0.717, 1.165) is 11.8 Å². The predicted octanol–water partition coefficient (Wildman–Crippen LogP) is 3.23. The fraction of sp³-hybridized carbons (Fsp3) is 0.227. The van der Waals surface area contributed by atoms with Gasteiger partial charge in [-0.15, -0.1) is 0 Å². The molecule has 0 aliphatic carbocycles. The van der Waals surface area contributed by atoms with Crippen molar-refractivity contribution in [3.63, 3.8) is 0 Å². The summed E-state index contributed by atoms with van der Waals surface area (Å²) in [7, 11) is 0. The van der Waals surface area contributed by atoms with Crippen LogP contribution in [-0.4, -0.2) is 41.6 Å². The van der Waals surface area contributed by atoms with Crippen molar-refractivity contribution >= 4 is 28.4 Å². The second-order valence-electron chi connectivity index (χ2n) is 6.65. The number of para-hydroxylation sites is 1. The van der Waals surface area contributed by atoms with Crippen molar-refractivity contribution in [2.45, 2.75) is 12.8 Å². The zero-order chi connectivity index (χ0) is 19.3. The van der Waals surface area contributed by atoms with Gasteiger partial charge < -0.3 is 14.2 Å². The third kappa shape index (κ3) is 3.96. The minimum absolute atomic E-state index is 0.0254. The van der Waals surface area contributed by atoms with Crippen LogP contribution in [-0.2, 0) is 20.7 Å². The molecule has 1 aromatic heterocycles. The third-order valence-corrected chi connectivity index (χ3v) is 4.83. The highest BCUT2D eigenvalue weighted by Gasteiger charge is 2.20. The molecule has 1 aliphatic rings. The van der Waals surface area contributed by atoms with Crippen LogP contribution in [0.4, 0.5) is 0 Å². The summed E-state index contributed by atoms with van der Waals surface area (Å²) in [5.74, 6) is -0.688. The van der Waals surface area contributed by atoms with E-state index < -0.39 is 5.97 Å². The summed E-state index contributed by atoms with van der Waals surface area (Å²) in [6.45, 7) is 0.878. The van der Waals surface area contributed by atoms with E-state index in [2.05, 4.69) is 23.4 Å². The van der Waals surface area contributed by atoms with Gasteiger partial charge >= 0.3 is 5.97 Å². The number of rotatable bonds is 5. The maximum atomic E-state index is 12.3. The van der Waals surface area contributed by atoms with E-state index in [1.54, 1.807) is 11.0 Å². The molecule has 0 fully saturated rings. The van der Waals surface area contributed by atoms with Gasteiger partial charge in [0.05, 0.1) is 6.42 Å². The molecule has 0 saturated carbocycles. The average Bonchev–Trinajstić information content (AvgIpc) is 3.15. The molecule has 0 N–H and O–H groups in total. The van der Waals surface area contributed by atoms with E-state index in [1.165, 1.54) is 11.1 Å². The number of carbonyl (C=O) groups is 2. The molecule has 2 aromatic carbocycles. The van der Waals surface area contributed by atoms with Gasteiger partial charge in [-0.25, -0.2) is 0 Å². The van der Waals surface area contributed by atoms with Crippen LogP contribution in [0.25, 0.3) is 16.5 Å². The molecule has 28 heavy (non-hydrogen) atoms. The van der Waals surface area contributed by atoms with Gasteiger partial charge in [-0.3, -0.25) is 9.59 Å². The smallest absolute Gasteiger partial charge is 0.312 e. The first kappa shape index (κ1) is 18.0. The van der Waals surface area contributed by atoms with Gasteiger partial charge in [0.25, 0.3) is 5.91 Å². The number of nitrogens with zero attached hydrogens (tertiary/aromatic N) is 2. The second kappa shape index (κ2) is 8.08. The molecule has 2 heterocycles. The van der Waals surface area contributed by atoms with Crippen LogP contribution in [0.1, 0.15) is 17.7 Å². The van der Waals surface area contributed by atoms with Crippen molar-refractivity contribution in [2.75, 3.05) is 19.7 Å². The number of esters is 1. The Balaban J connectivity index is 1.29. The van der Waals surface area contributed by atoms with Crippen molar-refractivity contribution < 1.29 is 18.8 Å². The van der Waals surface area contributed by atoms with Gasteiger partial charge in [0.15, 0.2) is 12.2 Å². The lowest BCUT2D eigenvalue weighted by molar-refractivity contribution is -0.151. The maximum absolute atomic E-state index is 12.3. The molecule has 3 aromatic rings. The van der Waals surface area contributed by atoms with E-state index in [0.29, 0.717) is 24.4 Å². The van der Waals surface area contributed by atoms with Gasteiger partial charge in [-0.1, -0.05) is 53.7 Å². The quantitative estimate of drug-likeness (QED) is 0.639. The summed E-state index contributed by atoms with van der Waals surface area (Å²) < 4.78 is 10.3. The lowest BCUT2D eigenvalue weighted by Gasteiger charge is -2.26. The zero-order valence-electron chi connectivity index (χ0n) is 15.3. The number of ether oxygens (including phenoxy) is 1. The van der Waals surface area contributed by atoms with Crippen LogP contribution in [0.15, 0.2) is 65.2 Å². The molecule has 0 radical (unpaired) electrons. The molecule has 6 nitrogen and oxygen atoms in total. The Labute approximate surface area is 162 Å². The molecule has 0 unspecified atom stereocenters. The number of amides is 1. The first-order valence-corrected chi connectivity index (χ1v) is 9.22. The van der Waals surface area contributed by atoms with E-state index in [9.17, 15) is 9.59 Å². The molecule has 4 rings (SSSR count). The summed E-state index contributed by atoms with van der Waals surface area (Å²) in [5, 5.41) is 4.69. The van der Waals surface area contributed by atoms with Crippen molar-refractivity contribution in [1.29, 1.82) is 0 Å². The SMILES string of the molecule is O=C(Cc1noc2ccccc12)OCC(=O)N1CC=C(c2ccccc2)CC1. The average molecular weight is 376 g/mol. The fourth-order valence-electron chi connectivity index (χ4n) is 3.30. The highest BCUT2D eigenvalue weighted by molar-refractivity contribution is 5.86. The highest BCUT2D eigenvalue weighted by Crippen LogP contribution is 2.22. The first-order valence-electron chi connectivity index (χ1n) is 9.22. The van der Waals surface area contributed by atoms with E-state index in [-0.39, 0.29) is 18.9 Å². The molecule has 142 valence electrons. The molecule has 1 amide bonds. The highest BCUT2D eigenvalue weighted by atomic mass is 16.5. The topological polar surface area (TPSA) is 72.6 Å². The van der Waals surface area contributed by atoms with Crippen molar-refractivity contribution in [2.24, 2.45) is 0 Å². The van der Waals surface area contributed by atoms with E-state index in [1.807, 2.05) is 36.4 Å². The fourth-order valence-corrected chi connectivity index (χ4v) is 3.30. The second-order valence-corrected chi connectivity index (χ2v) is 6.65. The predicted molar refractivity (Wildman–Crippen MR) is 104 cm³/mol. The Morgan fingerprint density at radius 2 is 1.86 bits per heavy atom. The normalized spacial score (nSPS) is 14.0. The summed E-state index contributed by atoms with van der Waals surface area (Å²) in [5.41, 5.74) is 3.55. The summed E-state index contributed by atoms with van der Waals surface area (Å²) in [4.78, 5) is 26.1. The molecule has 6 heteroatoms. The summed E-state index contributed by atoms with van der Waals surface area (Å²) >= 11 is 0. The minimum Gasteiger partial charge on any atom is -0.455 e. The maximum Gasteiger partial charge on any atom is 0.312 e. The van der Waals surface area contributed by atoms with Crippen molar-refractivity contribution in [1.82, 2.24) is 10.1 Å². The van der Waals surface area contributed by atoms with Crippen LogP contribution in [0, 0.1) is 0 Å². The Morgan fingerprint density at radius 1 is 1.07 bits per heavy atom. The Hall–Kier alpha value is -3.41. The number of hydrogen-bond donors (Lipinski definition) is 0. The van der Waals surface area contributed by atoms with Gasteiger partial charge in [0.2, 0.25) is 0 Å². The molecule has 0 saturated heterocycles. The van der Waals surface area contributed by atoms with Crippen molar-refractivity contribution in [3.05, 3.63) is 71.9 Å². The van der Waals surface area contributed by atoms with Gasteiger partial charge in [0.1, 0.15) is 5.69 Å². The van der Waals surface area contributed by atoms with Gasteiger partial charge in [-0.05, 0) is 29.7 Å². The molecular formula is C22H20N2O4. The van der Waals surface area contributed by atoms with E-state index in [4.69, 9.17) is 9.26 Å². The minimum atomic E-state index is -0.495. The van der Waals surface area contributed by atoms with Gasteiger partial charge in [-0.2, -0.15) is 0 Å². The first-order chi connectivity index (χ1) is 13.7. The van der Waals surface area contributed by atoms with Crippen LogP contribution >= 0.6 is 0 Å². The standard InChI is InChI=1S/C22H20N2O4/c25-21(24-12-10-17(11-13-24)16-6-2-1-3-7-16)15-27-22(26)14-19-18-8-4-5-9-20(18)28-23-19/h1-10H,11-15H2. The number of hydrogen-bond acceptors (Lipinski definition) is 5. The summed E-state index contributed by atoms with van der Waals surface area (Å²) in [6.07, 6.45) is 2.82. The molecule has 0 atom stereocenters. The van der Waals surface area contributed by atoms with E-state index >= 15 is 0 Å². The van der Waals surface area contributed by atoms with Crippen LogP contribution in [0.2, 0.25) is 0 Å². The number of carbonyl (C=O) groups excluding carboxylic acids is 2. The Bertz CT molecular complexity index is 1020. The lowest BCUT2D eigenvalue weighted by atomic mass is 10.00. The van der Waals surface area contributed by atoms with Crippen LogP contribution in [0.5, 0.6) is 0 Å². The number of fused-ring (bicyclic) bond motifs is 1. The molecule has 0 bridgehead atoms.